The van der Waals surface area contributed by atoms with Gasteiger partial charge in [0.05, 0.1) is 18.0 Å². The molecular formula is C17H17N3O2. The van der Waals surface area contributed by atoms with Gasteiger partial charge >= 0.3 is 0 Å². The van der Waals surface area contributed by atoms with Crippen LogP contribution in [0.2, 0.25) is 0 Å². The van der Waals surface area contributed by atoms with E-state index in [0.717, 1.165) is 24.2 Å². The molecule has 5 heteroatoms. The molecule has 1 aromatic carbocycles. The van der Waals surface area contributed by atoms with E-state index >= 15 is 0 Å². The molecule has 22 heavy (non-hydrogen) atoms. The molecule has 2 aromatic heterocycles. The molecular weight excluding hydrogens is 278 g/mol. The van der Waals surface area contributed by atoms with Gasteiger partial charge in [-0.15, -0.1) is 0 Å². The Morgan fingerprint density at radius 3 is 3.09 bits per heavy atom. The average Bonchev–Trinajstić information content (AvgIpc) is 3.08. The van der Waals surface area contributed by atoms with Gasteiger partial charge in [0.1, 0.15) is 6.10 Å². The first-order valence-corrected chi connectivity index (χ1v) is 7.46. The van der Waals surface area contributed by atoms with Gasteiger partial charge in [0.15, 0.2) is 0 Å². The van der Waals surface area contributed by atoms with E-state index in [-0.39, 0.29) is 12.7 Å². The first-order chi connectivity index (χ1) is 10.8. The van der Waals surface area contributed by atoms with Crippen molar-refractivity contribution in [2.24, 2.45) is 0 Å². The molecule has 0 aliphatic heterocycles. The van der Waals surface area contributed by atoms with E-state index in [1.54, 1.807) is 12.4 Å². The zero-order valence-corrected chi connectivity index (χ0v) is 12.4. The molecule has 0 saturated carbocycles. The van der Waals surface area contributed by atoms with Gasteiger partial charge in [-0.3, -0.25) is 4.40 Å². The van der Waals surface area contributed by atoms with Gasteiger partial charge < -0.3 is 9.84 Å². The number of aliphatic hydroxyl groups excluding tert-OH is 1. The monoisotopic (exact) mass is 295 g/mol. The molecule has 0 saturated heterocycles. The van der Waals surface area contributed by atoms with E-state index in [1.807, 2.05) is 17.4 Å². The van der Waals surface area contributed by atoms with Crippen molar-refractivity contribution in [3.63, 3.8) is 0 Å². The minimum Gasteiger partial charge on any atom is -0.467 e. The minimum atomic E-state index is -0.0529. The molecule has 1 unspecified atom stereocenters. The van der Waals surface area contributed by atoms with Gasteiger partial charge in [0, 0.05) is 12.4 Å². The zero-order valence-electron chi connectivity index (χ0n) is 12.4. The predicted molar refractivity (Wildman–Crippen MR) is 81.8 cm³/mol. The van der Waals surface area contributed by atoms with Crippen molar-refractivity contribution in [1.29, 1.82) is 0 Å². The van der Waals surface area contributed by atoms with Crippen LogP contribution in [0, 0.1) is 6.92 Å². The molecule has 5 nitrogen and oxygen atoms in total. The highest BCUT2D eigenvalue weighted by atomic mass is 16.5. The lowest BCUT2D eigenvalue weighted by molar-refractivity contribution is 0.200. The normalized spacial score (nSPS) is 16.9. The third-order valence-corrected chi connectivity index (χ3v) is 4.29. The van der Waals surface area contributed by atoms with Crippen molar-refractivity contribution in [3.05, 3.63) is 59.2 Å². The molecule has 1 N–H and O–H groups in total. The molecule has 0 spiro atoms. The zero-order chi connectivity index (χ0) is 15.1. The minimum absolute atomic E-state index is 0.0180. The number of hydrogen-bond acceptors (Lipinski definition) is 4. The van der Waals surface area contributed by atoms with Crippen LogP contribution in [0.25, 0.3) is 5.65 Å². The molecule has 4 rings (SSSR count). The summed E-state index contributed by atoms with van der Waals surface area (Å²) in [4.78, 5) is 8.84. The Morgan fingerprint density at radius 2 is 2.23 bits per heavy atom. The summed E-state index contributed by atoms with van der Waals surface area (Å²) in [6.07, 6.45) is 5.48. The number of fused-ring (bicyclic) bond motifs is 2. The number of benzene rings is 1. The van der Waals surface area contributed by atoms with Crippen LogP contribution in [0.1, 0.15) is 35.0 Å². The summed E-state index contributed by atoms with van der Waals surface area (Å²) in [7, 11) is 0. The second kappa shape index (κ2) is 5.10. The van der Waals surface area contributed by atoms with Gasteiger partial charge in [-0.1, -0.05) is 24.3 Å². The first kappa shape index (κ1) is 13.3. The number of imidazole rings is 1. The Balaban J connectivity index is 1.74. The van der Waals surface area contributed by atoms with Crippen LogP contribution in [0.4, 0.5) is 0 Å². The van der Waals surface area contributed by atoms with Crippen molar-refractivity contribution in [2.45, 2.75) is 32.5 Å². The number of hydrogen-bond donors (Lipinski definition) is 1. The Morgan fingerprint density at radius 1 is 1.36 bits per heavy atom. The van der Waals surface area contributed by atoms with Gasteiger partial charge in [-0.05, 0) is 30.9 Å². The van der Waals surface area contributed by atoms with Gasteiger partial charge in [-0.25, -0.2) is 9.97 Å². The fraction of sp³-hybridized carbons (Fsp3) is 0.294. The lowest BCUT2D eigenvalue weighted by Crippen LogP contribution is -2.06. The molecule has 1 aliphatic carbocycles. The number of aromatic nitrogens is 3. The van der Waals surface area contributed by atoms with Crippen LogP contribution in [0.5, 0.6) is 5.88 Å². The summed E-state index contributed by atoms with van der Waals surface area (Å²) < 4.78 is 8.00. The highest BCUT2D eigenvalue weighted by Gasteiger charge is 2.25. The summed E-state index contributed by atoms with van der Waals surface area (Å²) in [5.41, 5.74) is 4.81. The third kappa shape index (κ3) is 1.97. The van der Waals surface area contributed by atoms with Crippen LogP contribution in [-0.2, 0) is 13.0 Å². The maximum atomic E-state index is 9.49. The molecule has 0 radical (unpaired) electrons. The van der Waals surface area contributed by atoms with E-state index in [0.29, 0.717) is 11.5 Å². The topological polar surface area (TPSA) is 59.7 Å². The highest BCUT2D eigenvalue weighted by molar-refractivity contribution is 5.52. The molecule has 0 amide bonds. The number of nitrogens with zero attached hydrogens (tertiary/aromatic N) is 3. The van der Waals surface area contributed by atoms with E-state index in [2.05, 4.69) is 28.2 Å². The Kier molecular flexibility index (Phi) is 3.08. The average molecular weight is 295 g/mol. The van der Waals surface area contributed by atoms with Crippen LogP contribution < -0.4 is 4.74 Å². The van der Waals surface area contributed by atoms with E-state index < -0.39 is 0 Å². The number of ether oxygens (including phenoxy) is 1. The van der Waals surface area contributed by atoms with Gasteiger partial charge in [0.25, 0.3) is 5.88 Å². The smallest absolute Gasteiger partial charge is 0.258 e. The van der Waals surface area contributed by atoms with Gasteiger partial charge in [0.2, 0.25) is 5.65 Å². The van der Waals surface area contributed by atoms with E-state index in [4.69, 9.17) is 4.74 Å². The fourth-order valence-electron chi connectivity index (χ4n) is 3.17. The lowest BCUT2D eigenvalue weighted by atomic mass is 10.1. The summed E-state index contributed by atoms with van der Waals surface area (Å²) in [6.45, 7) is 1.83. The second-order valence-electron chi connectivity index (χ2n) is 5.57. The Bertz CT molecular complexity index is 841. The van der Waals surface area contributed by atoms with Crippen LogP contribution in [-0.4, -0.2) is 19.5 Å². The molecule has 0 fully saturated rings. The molecule has 1 atom stereocenters. The quantitative estimate of drug-likeness (QED) is 0.807. The molecule has 0 bridgehead atoms. The molecule has 112 valence electrons. The van der Waals surface area contributed by atoms with Gasteiger partial charge in [-0.2, -0.15) is 0 Å². The van der Waals surface area contributed by atoms with Crippen molar-refractivity contribution in [1.82, 2.24) is 14.4 Å². The first-order valence-electron chi connectivity index (χ1n) is 7.46. The van der Waals surface area contributed by atoms with Crippen LogP contribution in [0.15, 0.2) is 36.7 Å². The standard InChI is InChI=1S/C17H17N3O2/c1-11-14(10-21)20-9-8-18-17(16(20)19-11)22-15-7-6-12-4-2-3-5-13(12)15/h2-5,8-9,15,21H,6-7,10H2,1H3. The highest BCUT2D eigenvalue weighted by Crippen LogP contribution is 2.35. The number of aliphatic hydroxyl groups is 1. The van der Waals surface area contributed by atoms with E-state index in [1.165, 1.54) is 11.1 Å². The lowest BCUT2D eigenvalue weighted by Gasteiger charge is -2.14. The predicted octanol–water partition coefficient (Wildman–Crippen LogP) is 2.60. The second-order valence-corrected chi connectivity index (χ2v) is 5.57. The summed E-state index contributed by atoms with van der Waals surface area (Å²) in [5, 5.41) is 9.49. The maximum absolute atomic E-state index is 9.49. The fourth-order valence-corrected chi connectivity index (χ4v) is 3.17. The van der Waals surface area contributed by atoms with Crippen molar-refractivity contribution in [3.8, 4) is 5.88 Å². The maximum Gasteiger partial charge on any atom is 0.258 e. The third-order valence-electron chi connectivity index (χ3n) is 4.29. The van der Waals surface area contributed by atoms with Crippen molar-refractivity contribution in [2.75, 3.05) is 0 Å². The van der Waals surface area contributed by atoms with Crippen molar-refractivity contribution < 1.29 is 9.84 Å². The SMILES string of the molecule is Cc1nc2c(OC3CCc4ccccc43)nccn2c1CO. The van der Waals surface area contributed by atoms with E-state index in [9.17, 15) is 5.11 Å². The summed E-state index contributed by atoms with van der Waals surface area (Å²) in [6, 6.07) is 8.36. The Labute approximate surface area is 128 Å². The molecule has 3 aromatic rings. The van der Waals surface area contributed by atoms with Crippen LogP contribution in [0.3, 0.4) is 0 Å². The molecule has 2 heterocycles. The summed E-state index contributed by atoms with van der Waals surface area (Å²) in [5.74, 6) is 0.520. The largest absolute Gasteiger partial charge is 0.467 e. The van der Waals surface area contributed by atoms with Crippen LogP contribution >= 0.6 is 0 Å². The number of rotatable bonds is 3. The number of aryl methyl sites for hydroxylation is 2. The Hall–Kier alpha value is -2.40. The van der Waals surface area contributed by atoms with Crippen molar-refractivity contribution >= 4 is 5.65 Å². The molecule has 1 aliphatic rings. The summed E-state index contributed by atoms with van der Waals surface area (Å²) >= 11 is 0.